The number of hydrogen-bond donors (Lipinski definition) is 1. The quantitative estimate of drug-likeness (QED) is 0.0211. The normalized spacial score (nSPS) is 14.1. The van der Waals surface area contributed by atoms with E-state index < -0.39 is 30.3 Å². The van der Waals surface area contributed by atoms with Crippen molar-refractivity contribution in [2.24, 2.45) is 0 Å². The van der Waals surface area contributed by atoms with Crippen LogP contribution in [0.5, 0.6) is 0 Å². The molecule has 0 fully saturated rings. The first-order valence-electron chi connectivity index (χ1n) is 32.2. The molecule has 9 nitrogen and oxygen atoms in total. The van der Waals surface area contributed by atoms with Crippen molar-refractivity contribution in [3.05, 3.63) is 207 Å². The van der Waals surface area contributed by atoms with E-state index in [0.29, 0.717) is 23.9 Å². The fourth-order valence-corrected chi connectivity index (χ4v) is 7.67. The zero-order chi connectivity index (χ0) is 61.9. The average molecular weight is 1170 g/mol. The molecule has 0 aromatic heterocycles. The summed E-state index contributed by atoms with van der Waals surface area (Å²) in [4.78, 5) is 37.5. The van der Waals surface area contributed by atoms with Gasteiger partial charge in [0.15, 0.2) is 6.10 Å². The fourth-order valence-electron chi connectivity index (χ4n) is 7.67. The number of quaternary nitrogens is 1. The van der Waals surface area contributed by atoms with Crippen molar-refractivity contribution >= 4 is 17.9 Å². The van der Waals surface area contributed by atoms with E-state index in [1.807, 2.05) is 21.1 Å². The monoisotopic (exact) mass is 1170 g/mol. The number of carbonyl (C=O) groups excluding carboxylic acids is 2. The summed E-state index contributed by atoms with van der Waals surface area (Å²) >= 11 is 0. The molecule has 0 aromatic rings. The standard InChI is InChI=1S/C76H115NO8/c1-6-8-10-12-14-16-18-20-22-24-26-28-29-30-31-32-33-34-35-36-37-38-39-40-41-42-43-44-45-47-49-51-53-55-57-59-61-63-65-67-74(79)85-72(71-84-76(75(80)81)82-69-68-77(3,4)5)70-83-73(78)66-64-62-60-58-56-54-52-50-48-46-27-25-23-21-19-17-15-13-11-9-7-2/h8-11,14-17,20-23,26-28,30-31,33-34,36-37,39-40,42-43,45-47,50-53,56,58,72,76H,6-7,12-13,18-19,24-25,29,32,35,38,41,44,48-49,54-55,57,59-71H2,1-5H3/p+1/b10-8-,11-9-,16-14-,17-15-,22-20-,23-21-,28-26-,31-30-,34-33-,37-36-,40-39-,43-42-,46-27-,47-45-,52-50-,53-51-,58-56-. The van der Waals surface area contributed by atoms with Crippen LogP contribution >= 0.6 is 0 Å². The molecule has 85 heavy (non-hydrogen) atoms. The van der Waals surface area contributed by atoms with Crippen molar-refractivity contribution in [3.8, 4) is 0 Å². The molecule has 0 radical (unpaired) electrons. The molecule has 0 rings (SSSR count). The second-order valence-electron chi connectivity index (χ2n) is 21.6. The maximum Gasteiger partial charge on any atom is 0.361 e. The number of aliphatic carboxylic acids is 1. The minimum atomic E-state index is -1.54. The lowest BCUT2D eigenvalue weighted by Crippen LogP contribution is -2.40. The SMILES string of the molecule is CC/C=C\C/C=C\C/C=C\C/C=C\C/C=C\C/C=C\C/C=C\C/C=C\C/C=C\C/C=C\C/C=C\CCCCCCCC(=O)OC(COC(=O)CCCC/C=C\C/C=C\C/C=C\C/C=C\C/C=C\C/C=C\CC)COC(OCC[N+](C)(C)C)C(=O)O. The number of likely N-dealkylation sites (N-methyl/N-ethyl adjacent to an activating group) is 1. The van der Waals surface area contributed by atoms with Crippen molar-refractivity contribution in [2.45, 2.75) is 206 Å². The lowest BCUT2D eigenvalue weighted by molar-refractivity contribution is -0.870. The summed E-state index contributed by atoms with van der Waals surface area (Å²) in [5.41, 5.74) is 0. The highest BCUT2D eigenvalue weighted by molar-refractivity contribution is 5.71. The summed E-state index contributed by atoms with van der Waals surface area (Å²) in [5, 5.41) is 9.72. The Morgan fingerprint density at radius 2 is 0.635 bits per heavy atom. The van der Waals surface area contributed by atoms with Crippen molar-refractivity contribution in [1.82, 2.24) is 0 Å². The molecule has 0 bridgehead atoms. The second kappa shape index (κ2) is 63.9. The Kier molecular flexibility index (Phi) is 59.3. The van der Waals surface area contributed by atoms with Crippen molar-refractivity contribution < 1.29 is 42.9 Å². The van der Waals surface area contributed by atoms with Crippen molar-refractivity contribution in [1.29, 1.82) is 0 Å². The van der Waals surface area contributed by atoms with Gasteiger partial charge < -0.3 is 28.5 Å². The largest absolute Gasteiger partial charge is 0.477 e. The zero-order valence-corrected chi connectivity index (χ0v) is 53.7. The molecule has 0 aromatic carbocycles. The second-order valence-corrected chi connectivity index (χ2v) is 21.6. The lowest BCUT2D eigenvalue weighted by atomic mass is 10.1. The Hall–Kier alpha value is -6.13. The minimum absolute atomic E-state index is 0.164. The molecule has 0 heterocycles. The molecule has 0 aliphatic heterocycles. The van der Waals surface area contributed by atoms with Gasteiger partial charge in [0.1, 0.15) is 13.2 Å². The van der Waals surface area contributed by atoms with E-state index in [4.69, 9.17) is 18.9 Å². The van der Waals surface area contributed by atoms with Crippen LogP contribution in [0.15, 0.2) is 207 Å². The Morgan fingerprint density at radius 3 is 0.965 bits per heavy atom. The highest BCUT2D eigenvalue weighted by atomic mass is 16.7. The molecular weight excluding hydrogens is 1050 g/mol. The Labute approximate surface area is 518 Å². The molecule has 2 unspecified atom stereocenters. The van der Waals surface area contributed by atoms with E-state index in [1.165, 1.54) is 0 Å². The van der Waals surface area contributed by atoms with Crippen molar-refractivity contribution in [3.63, 3.8) is 0 Å². The predicted octanol–water partition coefficient (Wildman–Crippen LogP) is 20.0. The maximum absolute atomic E-state index is 12.9. The molecule has 0 saturated heterocycles. The van der Waals surface area contributed by atoms with Crippen LogP contribution in [0.4, 0.5) is 0 Å². The van der Waals surface area contributed by atoms with E-state index in [1.54, 1.807) is 0 Å². The molecule has 9 heteroatoms. The van der Waals surface area contributed by atoms with Gasteiger partial charge in [0.25, 0.3) is 6.29 Å². The maximum atomic E-state index is 12.9. The highest BCUT2D eigenvalue weighted by Gasteiger charge is 2.25. The summed E-state index contributed by atoms with van der Waals surface area (Å²) in [5.74, 6) is -2.12. The lowest BCUT2D eigenvalue weighted by Gasteiger charge is -2.25. The van der Waals surface area contributed by atoms with Crippen LogP contribution in [0, 0.1) is 0 Å². The van der Waals surface area contributed by atoms with Gasteiger partial charge in [0, 0.05) is 12.8 Å². The van der Waals surface area contributed by atoms with E-state index in [-0.39, 0.29) is 32.7 Å². The number of nitrogens with zero attached hydrogens (tertiary/aromatic N) is 1. The summed E-state index contributed by atoms with van der Waals surface area (Å²) < 4.78 is 22.8. The van der Waals surface area contributed by atoms with E-state index >= 15 is 0 Å². The van der Waals surface area contributed by atoms with Gasteiger partial charge >= 0.3 is 17.9 Å². The number of ether oxygens (including phenoxy) is 4. The van der Waals surface area contributed by atoms with Gasteiger partial charge in [-0.1, -0.05) is 240 Å². The first-order valence-corrected chi connectivity index (χ1v) is 32.2. The third-order valence-electron chi connectivity index (χ3n) is 12.5. The molecular formula is C76H116NO8+. The summed E-state index contributed by atoms with van der Waals surface area (Å²) in [7, 11) is 5.93. The molecule has 2 atom stereocenters. The van der Waals surface area contributed by atoms with Crippen LogP contribution in [0.2, 0.25) is 0 Å². The van der Waals surface area contributed by atoms with Gasteiger partial charge in [-0.15, -0.1) is 0 Å². The van der Waals surface area contributed by atoms with E-state index in [0.717, 1.165) is 154 Å². The van der Waals surface area contributed by atoms with Gasteiger partial charge in [0.2, 0.25) is 0 Å². The van der Waals surface area contributed by atoms with Gasteiger partial charge in [-0.2, -0.15) is 0 Å². The number of unbranched alkanes of at least 4 members (excludes halogenated alkanes) is 7. The molecule has 0 aliphatic rings. The van der Waals surface area contributed by atoms with Crippen LogP contribution in [-0.2, 0) is 33.3 Å². The molecule has 0 amide bonds. The van der Waals surface area contributed by atoms with Crippen LogP contribution < -0.4 is 0 Å². The summed E-state index contributed by atoms with van der Waals surface area (Å²) in [6, 6.07) is 0. The molecule has 0 saturated carbocycles. The first kappa shape index (κ1) is 78.9. The molecule has 0 spiro atoms. The molecule has 0 aliphatic carbocycles. The minimum Gasteiger partial charge on any atom is -0.477 e. The third kappa shape index (κ3) is 65.3. The summed E-state index contributed by atoms with van der Waals surface area (Å²) in [6.45, 7) is 4.53. The van der Waals surface area contributed by atoms with E-state index in [2.05, 4.69) is 220 Å². The third-order valence-corrected chi connectivity index (χ3v) is 12.5. The fraction of sp³-hybridized carbons (Fsp3) is 0.513. The first-order chi connectivity index (χ1) is 41.6. The number of carbonyl (C=O) groups is 3. The predicted molar refractivity (Wildman–Crippen MR) is 363 cm³/mol. The topological polar surface area (TPSA) is 108 Å². The van der Waals surface area contributed by atoms with Crippen LogP contribution in [-0.4, -0.2) is 87.4 Å². The summed E-state index contributed by atoms with van der Waals surface area (Å²) in [6.07, 6.45) is 97.8. The molecule has 1 N–H and O–H groups in total. The van der Waals surface area contributed by atoms with Gasteiger partial charge in [-0.05, 0) is 148 Å². The highest BCUT2D eigenvalue weighted by Crippen LogP contribution is 2.12. The number of hydrogen-bond acceptors (Lipinski definition) is 7. The van der Waals surface area contributed by atoms with Gasteiger partial charge in [-0.3, -0.25) is 9.59 Å². The Morgan fingerprint density at radius 1 is 0.353 bits per heavy atom. The smallest absolute Gasteiger partial charge is 0.361 e. The van der Waals surface area contributed by atoms with Crippen molar-refractivity contribution in [2.75, 3.05) is 47.5 Å². The van der Waals surface area contributed by atoms with Gasteiger partial charge in [0.05, 0.1) is 34.4 Å². The number of esters is 2. The van der Waals surface area contributed by atoms with Gasteiger partial charge in [-0.25, -0.2) is 4.79 Å². The zero-order valence-electron chi connectivity index (χ0n) is 53.7. The van der Waals surface area contributed by atoms with Crippen LogP contribution in [0.3, 0.4) is 0 Å². The number of allylic oxidation sites excluding steroid dienone is 34. The molecule has 472 valence electrons. The number of carboxylic acid groups (broad SMARTS) is 1. The average Bonchev–Trinajstić information content (AvgIpc) is 3.49. The van der Waals surface area contributed by atoms with Crippen LogP contribution in [0.1, 0.15) is 194 Å². The Bertz CT molecular complexity index is 2140. The van der Waals surface area contributed by atoms with E-state index in [9.17, 15) is 19.5 Å². The number of carboxylic acids is 1. The number of rotatable bonds is 56. The van der Waals surface area contributed by atoms with Crippen LogP contribution in [0.25, 0.3) is 0 Å². The Balaban J connectivity index is 4.34.